The van der Waals surface area contributed by atoms with Gasteiger partial charge in [-0.2, -0.15) is 0 Å². The number of nitrogens with one attached hydrogen (secondary N) is 2. The lowest BCUT2D eigenvalue weighted by atomic mass is 10.0. The lowest BCUT2D eigenvalue weighted by molar-refractivity contribution is -0.132. The molecule has 0 bridgehead atoms. The van der Waals surface area contributed by atoms with Gasteiger partial charge in [-0.15, -0.1) is 0 Å². The number of carbonyl (C=O) groups is 3. The van der Waals surface area contributed by atoms with Gasteiger partial charge in [0.05, 0.1) is 0 Å². The predicted octanol–water partition coefficient (Wildman–Crippen LogP) is 5.07. The molecule has 1 atom stereocenters. The number of benzene rings is 3. The monoisotopic (exact) mass is 474 g/mol. The molecule has 0 heterocycles. The van der Waals surface area contributed by atoms with Gasteiger partial charge in [-0.3, -0.25) is 14.4 Å². The third-order valence-corrected chi connectivity index (χ3v) is 5.29. The molecular formula is C28H30N2O5. The van der Waals surface area contributed by atoms with Crippen LogP contribution >= 0.6 is 0 Å². The fourth-order valence-corrected chi connectivity index (χ4v) is 3.49. The highest BCUT2D eigenvalue weighted by Crippen LogP contribution is 2.27. The third-order valence-electron chi connectivity index (χ3n) is 5.29. The van der Waals surface area contributed by atoms with E-state index in [1.165, 1.54) is 13.0 Å². The Labute approximate surface area is 205 Å². The van der Waals surface area contributed by atoms with Crippen LogP contribution in [0.4, 0.5) is 5.69 Å². The highest BCUT2D eigenvalue weighted by molar-refractivity contribution is 6.05. The van der Waals surface area contributed by atoms with Crippen molar-refractivity contribution in [1.82, 2.24) is 5.32 Å². The van der Waals surface area contributed by atoms with Crippen molar-refractivity contribution in [3.05, 3.63) is 89.5 Å². The summed E-state index contributed by atoms with van der Waals surface area (Å²) in [4.78, 5) is 36.7. The molecule has 0 radical (unpaired) electrons. The summed E-state index contributed by atoms with van der Waals surface area (Å²) in [7, 11) is 0. The van der Waals surface area contributed by atoms with Gasteiger partial charge >= 0.3 is 5.97 Å². The normalized spacial score (nSPS) is 11.5. The van der Waals surface area contributed by atoms with Crippen molar-refractivity contribution in [2.24, 2.45) is 0 Å². The van der Waals surface area contributed by atoms with Crippen LogP contribution in [0.3, 0.4) is 0 Å². The molecule has 1 unspecified atom stereocenters. The van der Waals surface area contributed by atoms with Crippen LogP contribution in [0, 0.1) is 0 Å². The first-order chi connectivity index (χ1) is 16.7. The maximum absolute atomic E-state index is 12.8. The Morgan fingerprint density at radius 1 is 0.886 bits per heavy atom. The van der Waals surface area contributed by atoms with Gasteiger partial charge in [-0.05, 0) is 54.3 Å². The van der Waals surface area contributed by atoms with Gasteiger partial charge < -0.3 is 20.1 Å². The number of para-hydroxylation sites is 2. The van der Waals surface area contributed by atoms with Gasteiger partial charge in [0.25, 0.3) is 11.8 Å². The van der Waals surface area contributed by atoms with Crippen LogP contribution in [0.2, 0.25) is 0 Å². The van der Waals surface area contributed by atoms with Crippen LogP contribution in [-0.2, 0) is 16.1 Å². The standard InChI is InChI=1S/C28H30N2O5/c1-18(2)24-13-6-8-15-26(24)34-19(3)27(32)29-17-22-10-5-7-14-25(22)30-28(33)21-11-9-12-23(16-21)35-20(4)31/h5-16,18-19H,17H2,1-4H3,(H,29,32)(H,30,33). The quantitative estimate of drug-likeness (QED) is 0.334. The van der Waals surface area contributed by atoms with Crippen LogP contribution in [0.25, 0.3) is 0 Å². The zero-order valence-corrected chi connectivity index (χ0v) is 20.3. The van der Waals surface area contributed by atoms with Gasteiger partial charge in [0, 0.05) is 24.7 Å². The van der Waals surface area contributed by atoms with Gasteiger partial charge in [0.15, 0.2) is 6.10 Å². The van der Waals surface area contributed by atoms with Crippen molar-refractivity contribution in [2.75, 3.05) is 5.32 Å². The van der Waals surface area contributed by atoms with Crippen molar-refractivity contribution in [1.29, 1.82) is 0 Å². The Balaban J connectivity index is 1.64. The predicted molar refractivity (Wildman–Crippen MR) is 135 cm³/mol. The molecule has 3 aromatic rings. The molecule has 7 heteroatoms. The Hall–Kier alpha value is -4.13. The molecular weight excluding hydrogens is 444 g/mol. The van der Waals surface area contributed by atoms with E-state index < -0.39 is 12.1 Å². The van der Waals surface area contributed by atoms with Crippen molar-refractivity contribution in [3.8, 4) is 11.5 Å². The Bertz CT molecular complexity index is 1210. The average Bonchev–Trinajstić information content (AvgIpc) is 2.83. The number of hydrogen-bond donors (Lipinski definition) is 2. The number of amides is 2. The van der Waals surface area contributed by atoms with Crippen LogP contribution in [0.5, 0.6) is 11.5 Å². The molecule has 0 spiro atoms. The van der Waals surface area contributed by atoms with Crippen LogP contribution in [-0.4, -0.2) is 23.9 Å². The second kappa shape index (κ2) is 11.8. The fourth-order valence-electron chi connectivity index (χ4n) is 3.49. The minimum absolute atomic E-state index is 0.211. The van der Waals surface area contributed by atoms with Crippen molar-refractivity contribution in [2.45, 2.75) is 46.3 Å². The summed E-state index contributed by atoms with van der Waals surface area (Å²) in [6.07, 6.45) is -0.694. The third kappa shape index (κ3) is 7.17. The first kappa shape index (κ1) is 25.5. The minimum Gasteiger partial charge on any atom is -0.481 e. The smallest absolute Gasteiger partial charge is 0.308 e. The average molecular weight is 475 g/mol. The minimum atomic E-state index is -0.694. The molecule has 0 aliphatic rings. The molecule has 35 heavy (non-hydrogen) atoms. The van der Waals surface area contributed by atoms with Crippen molar-refractivity contribution in [3.63, 3.8) is 0 Å². The zero-order valence-electron chi connectivity index (χ0n) is 20.3. The SMILES string of the molecule is CC(=O)Oc1cccc(C(=O)Nc2ccccc2CNC(=O)C(C)Oc2ccccc2C(C)C)c1. The lowest BCUT2D eigenvalue weighted by Crippen LogP contribution is -2.36. The summed E-state index contributed by atoms with van der Waals surface area (Å²) in [6, 6.07) is 21.3. The molecule has 0 aromatic heterocycles. The van der Waals surface area contributed by atoms with E-state index in [4.69, 9.17) is 9.47 Å². The molecule has 2 amide bonds. The van der Waals surface area contributed by atoms with Gasteiger partial charge in [-0.25, -0.2) is 0 Å². The van der Waals surface area contributed by atoms with E-state index in [-0.39, 0.29) is 24.3 Å². The van der Waals surface area contributed by atoms with Crippen molar-refractivity contribution >= 4 is 23.5 Å². The summed E-state index contributed by atoms with van der Waals surface area (Å²) >= 11 is 0. The Morgan fingerprint density at radius 2 is 1.60 bits per heavy atom. The molecule has 2 N–H and O–H groups in total. The second-order valence-corrected chi connectivity index (χ2v) is 8.40. The molecule has 0 aliphatic heterocycles. The molecule has 3 aromatic carbocycles. The summed E-state index contributed by atoms with van der Waals surface area (Å²) < 4.78 is 11.0. The highest BCUT2D eigenvalue weighted by Gasteiger charge is 2.18. The van der Waals surface area contributed by atoms with E-state index >= 15 is 0 Å². The molecule has 182 valence electrons. The first-order valence-electron chi connectivity index (χ1n) is 11.5. The summed E-state index contributed by atoms with van der Waals surface area (Å²) in [5.74, 6) is 0.160. The zero-order chi connectivity index (χ0) is 25.4. The first-order valence-corrected chi connectivity index (χ1v) is 11.5. The number of rotatable bonds is 9. The number of ether oxygens (including phenoxy) is 2. The summed E-state index contributed by atoms with van der Waals surface area (Å²) in [5, 5.41) is 5.74. The van der Waals surface area contributed by atoms with E-state index in [0.717, 1.165) is 11.1 Å². The van der Waals surface area contributed by atoms with E-state index in [1.807, 2.05) is 36.4 Å². The largest absolute Gasteiger partial charge is 0.481 e. The summed E-state index contributed by atoms with van der Waals surface area (Å²) in [6.45, 7) is 7.36. The molecule has 3 rings (SSSR count). The maximum atomic E-state index is 12.8. The van der Waals surface area contributed by atoms with Crippen LogP contribution in [0.1, 0.15) is 55.1 Å². The number of carbonyl (C=O) groups excluding carboxylic acids is 3. The summed E-state index contributed by atoms with van der Waals surface area (Å²) in [5.41, 5.74) is 2.68. The highest BCUT2D eigenvalue weighted by atomic mass is 16.5. The van der Waals surface area contributed by atoms with E-state index in [1.54, 1.807) is 37.3 Å². The molecule has 0 saturated carbocycles. The van der Waals surface area contributed by atoms with Crippen LogP contribution in [0.15, 0.2) is 72.8 Å². The topological polar surface area (TPSA) is 93.7 Å². The number of anilines is 1. The molecule has 0 aliphatic carbocycles. The Morgan fingerprint density at radius 3 is 2.34 bits per heavy atom. The van der Waals surface area contributed by atoms with Gasteiger partial charge in [0.1, 0.15) is 11.5 Å². The molecule has 0 fully saturated rings. The van der Waals surface area contributed by atoms with Gasteiger partial charge in [0.2, 0.25) is 0 Å². The second-order valence-electron chi connectivity index (χ2n) is 8.40. The molecule has 7 nitrogen and oxygen atoms in total. The molecule has 0 saturated heterocycles. The van der Waals surface area contributed by atoms with Crippen molar-refractivity contribution < 1.29 is 23.9 Å². The van der Waals surface area contributed by atoms with E-state index in [2.05, 4.69) is 24.5 Å². The maximum Gasteiger partial charge on any atom is 0.308 e. The fraction of sp³-hybridized carbons (Fsp3) is 0.250. The lowest BCUT2D eigenvalue weighted by Gasteiger charge is -2.19. The van der Waals surface area contributed by atoms with Gasteiger partial charge in [-0.1, -0.05) is 56.3 Å². The Kier molecular flexibility index (Phi) is 8.62. The number of hydrogen-bond acceptors (Lipinski definition) is 5. The van der Waals surface area contributed by atoms with E-state index in [0.29, 0.717) is 22.7 Å². The van der Waals surface area contributed by atoms with E-state index in [9.17, 15) is 14.4 Å². The van der Waals surface area contributed by atoms with Crippen LogP contribution < -0.4 is 20.1 Å². The number of esters is 1.